The van der Waals surface area contributed by atoms with E-state index < -0.39 is 17.5 Å². The number of aliphatic carboxylic acids is 1. The standard InChI is InChI=1S/C16H20BrNO4/c1-11(22-13-6-3-5-12(17)9-13)14(19)18-8-4-7-16(2,10-18)15(20)21/h3,5-6,9,11H,4,7-8,10H2,1-2H3,(H,20,21). The predicted octanol–water partition coefficient (Wildman–Crippen LogP) is 2.93. The molecule has 1 aromatic carbocycles. The van der Waals surface area contributed by atoms with Gasteiger partial charge in [0.25, 0.3) is 5.91 Å². The van der Waals surface area contributed by atoms with E-state index in [0.717, 1.165) is 4.47 Å². The summed E-state index contributed by atoms with van der Waals surface area (Å²) in [6, 6.07) is 7.29. The van der Waals surface area contributed by atoms with E-state index in [2.05, 4.69) is 15.9 Å². The summed E-state index contributed by atoms with van der Waals surface area (Å²) in [5.74, 6) is -0.425. The minimum Gasteiger partial charge on any atom is -0.481 e. The van der Waals surface area contributed by atoms with Crippen molar-refractivity contribution in [3.63, 3.8) is 0 Å². The smallest absolute Gasteiger partial charge is 0.311 e. The third-order valence-corrected chi connectivity index (χ3v) is 4.47. The Hall–Kier alpha value is -1.56. The van der Waals surface area contributed by atoms with Gasteiger partial charge >= 0.3 is 5.97 Å². The largest absolute Gasteiger partial charge is 0.481 e. The number of likely N-dealkylation sites (tertiary alicyclic amines) is 1. The summed E-state index contributed by atoms with van der Waals surface area (Å²) in [5, 5.41) is 9.33. The molecule has 120 valence electrons. The highest BCUT2D eigenvalue weighted by Crippen LogP contribution is 2.30. The molecule has 6 heteroatoms. The Kier molecular flexibility index (Phi) is 5.11. The molecule has 0 saturated carbocycles. The molecule has 1 fully saturated rings. The molecule has 0 bridgehead atoms. The summed E-state index contributed by atoms with van der Waals surface area (Å²) < 4.78 is 6.55. The molecule has 1 aliphatic heterocycles. The van der Waals surface area contributed by atoms with Crippen LogP contribution in [0.2, 0.25) is 0 Å². The van der Waals surface area contributed by atoms with Gasteiger partial charge in [-0.3, -0.25) is 9.59 Å². The van der Waals surface area contributed by atoms with Crippen molar-refractivity contribution < 1.29 is 19.4 Å². The molecule has 2 atom stereocenters. The van der Waals surface area contributed by atoms with E-state index in [-0.39, 0.29) is 12.5 Å². The number of amides is 1. The summed E-state index contributed by atoms with van der Waals surface area (Å²) in [5.41, 5.74) is -0.872. The number of piperidine rings is 1. The Labute approximate surface area is 138 Å². The average molecular weight is 370 g/mol. The van der Waals surface area contributed by atoms with Crippen LogP contribution in [0.4, 0.5) is 0 Å². The van der Waals surface area contributed by atoms with Gasteiger partial charge in [0.1, 0.15) is 5.75 Å². The Balaban J connectivity index is 2.02. The topological polar surface area (TPSA) is 66.8 Å². The predicted molar refractivity (Wildman–Crippen MR) is 85.8 cm³/mol. The number of hydrogen-bond donors (Lipinski definition) is 1. The molecule has 1 aromatic rings. The lowest BCUT2D eigenvalue weighted by Crippen LogP contribution is -2.51. The second-order valence-electron chi connectivity index (χ2n) is 5.95. The summed E-state index contributed by atoms with van der Waals surface area (Å²) in [6.45, 7) is 4.19. The third-order valence-electron chi connectivity index (χ3n) is 3.98. The second kappa shape index (κ2) is 6.69. The van der Waals surface area contributed by atoms with Gasteiger partial charge < -0.3 is 14.7 Å². The number of nitrogens with zero attached hydrogens (tertiary/aromatic N) is 1. The van der Waals surface area contributed by atoms with E-state index in [9.17, 15) is 14.7 Å². The zero-order chi connectivity index (χ0) is 16.3. The molecule has 1 heterocycles. The van der Waals surface area contributed by atoms with Crippen LogP contribution in [-0.2, 0) is 9.59 Å². The van der Waals surface area contributed by atoms with Crippen molar-refractivity contribution >= 4 is 27.8 Å². The van der Waals surface area contributed by atoms with Crippen molar-refractivity contribution in [1.29, 1.82) is 0 Å². The van der Waals surface area contributed by atoms with Gasteiger partial charge in [0.2, 0.25) is 0 Å². The number of carbonyl (C=O) groups is 2. The first kappa shape index (κ1) is 16.8. The molecule has 0 spiro atoms. The second-order valence-corrected chi connectivity index (χ2v) is 6.86. The SMILES string of the molecule is CC(Oc1cccc(Br)c1)C(=O)N1CCCC(C)(C(=O)O)C1. The minimum absolute atomic E-state index is 0.174. The van der Waals surface area contributed by atoms with Gasteiger partial charge in [0.15, 0.2) is 6.10 Å². The number of benzene rings is 1. The van der Waals surface area contributed by atoms with Gasteiger partial charge in [-0.2, -0.15) is 0 Å². The summed E-state index contributed by atoms with van der Waals surface area (Å²) in [6.07, 6.45) is 0.635. The van der Waals surface area contributed by atoms with E-state index in [0.29, 0.717) is 25.1 Å². The lowest BCUT2D eigenvalue weighted by molar-refractivity contribution is -0.155. The fourth-order valence-electron chi connectivity index (χ4n) is 2.65. The molecule has 0 aliphatic carbocycles. The Morgan fingerprint density at radius 1 is 1.45 bits per heavy atom. The number of halogens is 1. The maximum absolute atomic E-state index is 12.5. The first-order chi connectivity index (χ1) is 10.3. The van der Waals surface area contributed by atoms with Crippen LogP contribution in [0.1, 0.15) is 26.7 Å². The monoisotopic (exact) mass is 369 g/mol. The van der Waals surface area contributed by atoms with Crippen LogP contribution in [0.3, 0.4) is 0 Å². The maximum Gasteiger partial charge on any atom is 0.311 e. The molecule has 1 saturated heterocycles. The van der Waals surface area contributed by atoms with Crippen molar-refractivity contribution in [1.82, 2.24) is 4.90 Å². The highest BCUT2D eigenvalue weighted by molar-refractivity contribution is 9.10. The van der Waals surface area contributed by atoms with Gasteiger partial charge in [-0.15, -0.1) is 0 Å². The number of hydrogen-bond acceptors (Lipinski definition) is 3. The molecule has 2 rings (SSSR count). The number of carboxylic acid groups (broad SMARTS) is 1. The van der Waals surface area contributed by atoms with E-state index in [1.807, 2.05) is 12.1 Å². The Morgan fingerprint density at radius 2 is 2.18 bits per heavy atom. The number of carboxylic acids is 1. The molecule has 5 nitrogen and oxygen atoms in total. The van der Waals surface area contributed by atoms with E-state index in [4.69, 9.17) is 4.74 Å². The van der Waals surface area contributed by atoms with Crippen molar-refractivity contribution in [2.45, 2.75) is 32.8 Å². The first-order valence-electron chi connectivity index (χ1n) is 7.26. The Morgan fingerprint density at radius 3 is 2.82 bits per heavy atom. The molecule has 0 aromatic heterocycles. The van der Waals surface area contributed by atoms with Crippen LogP contribution >= 0.6 is 15.9 Å². The van der Waals surface area contributed by atoms with Crippen LogP contribution < -0.4 is 4.74 Å². The van der Waals surface area contributed by atoms with Gasteiger partial charge in [0, 0.05) is 17.6 Å². The number of ether oxygens (including phenoxy) is 1. The van der Waals surface area contributed by atoms with Crippen LogP contribution in [0.25, 0.3) is 0 Å². The fraction of sp³-hybridized carbons (Fsp3) is 0.500. The normalized spacial score (nSPS) is 23.0. The molecule has 1 aliphatic rings. The zero-order valence-corrected chi connectivity index (χ0v) is 14.3. The highest BCUT2D eigenvalue weighted by Gasteiger charge is 2.40. The van der Waals surface area contributed by atoms with E-state index >= 15 is 0 Å². The van der Waals surface area contributed by atoms with Gasteiger partial charge in [-0.1, -0.05) is 22.0 Å². The molecule has 1 N–H and O–H groups in total. The fourth-order valence-corrected chi connectivity index (χ4v) is 3.03. The lowest BCUT2D eigenvalue weighted by atomic mass is 9.82. The van der Waals surface area contributed by atoms with E-state index in [1.54, 1.807) is 30.9 Å². The van der Waals surface area contributed by atoms with Crippen LogP contribution in [0.15, 0.2) is 28.7 Å². The molecule has 0 radical (unpaired) electrons. The molecule has 22 heavy (non-hydrogen) atoms. The summed E-state index contributed by atoms with van der Waals surface area (Å²) in [4.78, 5) is 25.5. The number of rotatable bonds is 4. The average Bonchev–Trinajstić information content (AvgIpc) is 2.46. The maximum atomic E-state index is 12.5. The number of carbonyl (C=O) groups excluding carboxylic acids is 1. The first-order valence-corrected chi connectivity index (χ1v) is 8.05. The third kappa shape index (κ3) is 3.80. The van der Waals surface area contributed by atoms with Crippen molar-refractivity contribution in [2.75, 3.05) is 13.1 Å². The summed E-state index contributed by atoms with van der Waals surface area (Å²) in [7, 11) is 0. The van der Waals surface area contributed by atoms with Crippen LogP contribution in [0.5, 0.6) is 5.75 Å². The lowest BCUT2D eigenvalue weighted by Gasteiger charge is -2.38. The van der Waals surface area contributed by atoms with Gasteiger partial charge in [-0.05, 0) is 44.9 Å². The van der Waals surface area contributed by atoms with E-state index in [1.165, 1.54) is 0 Å². The van der Waals surface area contributed by atoms with Crippen molar-refractivity contribution in [3.8, 4) is 5.75 Å². The van der Waals surface area contributed by atoms with Crippen LogP contribution in [0, 0.1) is 5.41 Å². The van der Waals surface area contributed by atoms with Crippen LogP contribution in [-0.4, -0.2) is 41.1 Å². The molecular weight excluding hydrogens is 350 g/mol. The van der Waals surface area contributed by atoms with Gasteiger partial charge in [0.05, 0.1) is 5.41 Å². The molecule has 2 unspecified atom stereocenters. The summed E-state index contributed by atoms with van der Waals surface area (Å²) >= 11 is 3.36. The van der Waals surface area contributed by atoms with Crippen molar-refractivity contribution in [3.05, 3.63) is 28.7 Å². The van der Waals surface area contributed by atoms with Crippen molar-refractivity contribution in [2.24, 2.45) is 5.41 Å². The quantitative estimate of drug-likeness (QED) is 0.885. The highest BCUT2D eigenvalue weighted by atomic mass is 79.9. The molecule has 1 amide bonds. The Bertz CT molecular complexity index is 577. The molecular formula is C16H20BrNO4. The van der Waals surface area contributed by atoms with Gasteiger partial charge in [-0.25, -0.2) is 0 Å². The minimum atomic E-state index is -0.872. The zero-order valence-electron chi connectivity index (χ0n) is 12.7.